The van der Waals surface area contributed by atoms with Gasteiger partial charge in [0.2, 0.25) is 0 Å². The molecule has 0 aliphatic heterocycles. The lowest BCUT2D eigenvalue weighted by Gasteiger charge is -2.20. The summed E-state index contributed by atoms with van der Waals surface area (Å²) >= 11 is 13.0. The number of ether oxygens (including phenoxy) is 1. The van der Waals surface area contributed by atoms with Crippen LogP contribution in [-0.2, 0) is 9.53 Å². The van der Waals surface area contributed by atoms with Crippen LogP contribution >= 0.6 is 43.5 Å². The van der Waals surface area contributed by atoms with Crippen LogP contribution in [0, 0.1) is 0 Å². The van der Waals surface area contributed by atoms with Crippen molar-refractivity contribution in [2.75, 3.05) is 12.4 Å². The molecule has 0 radical (unpaired) electrons. The van der Waals surface area contributed by atoms with Crippen LogP contribution in [0.3, 0.4) is 0 Å². The van der Waals surface area contributed by atoms with Crippen molar-refractivity contribution in [3.63, 3.8) is 0 Å². The molecule has 3 nitrogen and oxygen atoms in total. The van der Waals surface area contributed by atoms with Crippen molar-refractivity contribution in [3.05, 3.63) is 62.0 Å². The second-order valence-electron chi connectivity index (χ2n) is 4.25. The number of anilines is 1. The van der Waals surface area contributed by atoms with Crippen LogP contribution in [0.4, 0.5) is 5.69 Å². The van der Waals surface area contributed by atoms with E-state index in [9.17, 15) is 4.79 Å². The molecule has 2 aromatic carbocycles. The quantitative estimate of drug-likeness (QED) is 0.675. The first-order valence-electron chi connectivity index (χ1n) is 6.06. The van der Waals surface area contributed by atoms with Gasteiger partial charge in [0.15, 0.2) is 6.04 Å². The van der Waals surface area contributed by atoms with E-state index in [1.54, 1.807) is 12.1 Å². The second kappa shape index (κ2) is 7.29. The SMILES string of the molecule is COC(=O)C(Nc1ccccc1Br)c1ccc(Br)cc1Cl. The van der Waals surface area contributed by atoms with Crippen molar-refractivity contribution >= 4 is 55.1 Å². The molecule has 0 saturated heterocycles. The van der Waals surface area contributed by atoms with Gasteiger partial charge in [0.25, 0.3) is 0 Å². The third kappa shape index (κ3) is 3.99. The van der Waals surface area contributed by atoms with Gasteiger partial charge in [-0.3, -0.25) is 0 Å². The lowest BCUT2D eigenvalue weighted by Crippen LogP contribution is -2.22. The molecule has 110 valence electrons. The fourth-order valence-corrected chi connectivity index (χ4v) is 3.03. The van der Waals surface area contributed by atoms with Crippen LogP contribution in [0.15, 0.2) is 51.4 Å². The molecule has 0 aliphatic rings. The number of hydrogen-bond donors (Lipinski definition) is 1. The third-order valence-corrected chi connectivity index (χ3v) is 4.40. The van der Waals surface area contributed by atoms with Crippen LogP contribution in [0.1, 0.15) is 11.6 Å². The number of halogens is 3. The van der Waals surface area contributed by atoms with E-state index in [2.05, 4.69) is 37.2 Å². The maximum absolute atomic E-state index is 12.1. The fraction of sp³-hybridized carbons (Fsp3) is 0.133. The molecule has 0 amide bonds. The lowest BCUT2D eigenvalue weighted by molar-refractivity contribution is -0.141. The normalized spacial score (nSPS) is 11.8. The first kappa shape index (κ1) is 16.3. The minimum atomic E-state index is -0.686. The lowest BCUT2D eigenvalue weighted by atomic mass is 10.1. The van der Waals surface area contributed by atoms with Gasteiger partial charge in [-0.1, -0.05) is 45.7 Å². The number of rotatable bonds is 4. The molecule has 0 heterocycles. The molecule has 0 spiro atoms. The molecular formula is C15H12Br2ClNO2. The Morgan fingerprint density at radius 2 is 1.95 bits per heavy atom. The Morgan fingerprint density at radius 1 is 1.24 bits per heavy atom. The van der Waals surface area contributed by atoms with Crippen LogP contribution < -0.4 is 5.32 Å². The summed E-state index contributed by atoms with van der Waals surface area (Å²) < 4.78 is 6.58. The number of esters is 1. The standard InChI is InChI=1S/C15H12Br2ClNO2/c1-21-15(20)14(10-7-6-9(16)8-12(10)18)19-13-5-3-2-4-11(13)17/h2-8,14,19H,1H3. The summed E-state index contributed by atoms with van der Waals surface area (Å²) in [5.41, 5.74) is 1.44. The van der Waals surface area contributed by atoms with Crippen LogP contribution in [0.25, 0.3) is 0 Å². The zero-order valence-electron chi connectivity index (χ0n) is 11.1. The van der Waals surface area contributed by atoms with Crippen molar-refractivity contribution in [2.45, 2.75) is 6.04 Å². The van der Waals surface area contributed by atoms with Gasteiger partial charge in [-0.25, -0.2) is 4.79 Å². The first-order chi connectivity index (χ1) is 10.0. The summed E-state index contributed by atoms with van der Waals surface area (Å²) in [4.78, 5) is 12.1. The van der Waals surface area contributed by atoms with E-state index in [1.807, 2.05) is 30.3 Å². The minimum Gasteiger partial charge on any atom is -0.467 e. The van der Waals surface area contributed by atoms with Gasteiger partial charge >= 0.3 is 5.97 Å². The average Bonchev–Trinajstić information content (AvgIpc) is 2.46. The zero-order chi connectivity index (χ0) is 15.4. The predicted octanol–water partition coefficient (Wildman–Crippen LogP) is 5.19. The Kier molecular flexibility index (Phi) is 5.67. The number of hydrogen-bond acceptors (Lipinski definition) is 3. The molecule has 0 aromatic heterocycles. The molecule has 0 fully saturated rings. The van der Waals surface area contributed by atoms with Gasteiger partial charge in [-0.15, -0.1) is 0 Å². The Bertz CT molecular complexity index is 664. The highest BCUT2D eigenvalue weighted by Crippen LogP contribution is 2.32. The van der Waals surface area contributed by atoms with E-state index in [0.29, 0.717) is 10.6 Å². The molecule has 2 rings (SSSR count). The largest absolute Gasteiger partial charge is 0.467 e. The van der Waals surface area contributed by atoms with E-state index in [0.717, 1.165) is 14.6 Å². The van der Waals surface area contributed by atoms with Crippen molar-refractivity contribution in [2.24, 2.45) is 0 Å². The molecular weight excluding hydrogens is 421 g/mol. The molecule has 0 bridgehead atoms. The number of carbonyl (C=O) groups excluding carboxylic acids is 1. The Morgan fingerprint density at radius 3 is 2.57 bits per heavy atom. The first-order valence-corrected chi connectivity index (χ1v) is 8.03. The van der Waals surface area contributed by atoms with E-state index >= 15 is 0 Å². The highest BCUT2D eigenvalue weighted by atomic mass is 79.9. The topological polar surface area (TPSA) is 38.3 Å². The Labute approximate surface area is 144 Å². The maximum atomic E-state index is 12.1. The summed E-state index contributed by atoms with van der Waals surface area (Å²) in [6.45, 7) is 0. The molecule has 21 heavy (non-hydrogen) atoms. The Balaban J connectivity index is 2.40. The van der Waals surface area contributed by atoms with E-state index < -0.39 is 12.0 Å². The summed E-state index contributed by atoms with van der Waals surface area (Å²) in [6.07, 6.45) is 0. The summed E-state index contributed by atoms with van der Waals surface area (Å²) in [6, 6.07) is 12.2. The molecule has 1 atom stereocenters. The van der Waals surface area contributed by atoms with Crippen molar-refractivity contribution in [3.8, 4) is 0 Å². The molecule has 0 saturated carbocycles. The van der Waals surface area contributed by atoms with E-state index in [4.69, 9.17) is 16.3 Å². The highest BCUT2D eigenvalue weighted by molar-refractivity contribution is 9.10. The van der Waals surface area contributed by atoms with Gasteiger partial charge in [0, 0.05) is 25.2 Å². The van der Waals surface area contributed by atoms with Gasteiger partial charge in [0.05, 0.1) is 7.11 Å². The maximum Gasteiger partial charge on any atom is 0.333 e. The predicted molar refractivity (Wildman–Crippen MR) is 91.7 cm³/mol. The zero-order valence-corrected chi connectivity index (χ0v) is 15.0. The molecule has 6 heteroatoms. The van der Waals surface area contributed by atoms with Gasteiger partial charge < -0.3 is 10.1 Å². The molecule has 0 aliphatic carbocycles. The number of carbonyl (C=O) groups is 1. The molecule has 1 N–H and O–H groups in total. The van der Waals surface area contributed by atoms with Gasteiger partial charge in [-0.2, -0.15) is 0 Å². The number of nitrogens with one attached hydrogen (secondary N) is 1. The monoisotopic (exact) mass is 431 g/mol. The molecule has 2 aromatic rings. The third-order valence-electron chi connectivity index (χ3n) is 2.88. The van der Waals surface area contributed by atoms with Crippen molar-refractivity contribution < 1.29 is 9.53 Å². The van der Waals surface area contributed by atoms with E-state index in [-0.39, 0.29) is 0 Å². The number of para-hydroxylation sites is 1. The summed E-state index contributed by atoms with van der Waals surface area (Å²) in [7, 11) is 1.35. The highest BCUT2D eigenvalue weighted by Gasteiger charge is 2.24. The van der Waals surface area contributed by atoms with Crippen LogP contribution in [-0.4, -0.2) is 13.1 Å². The summed E-state index contributed by atoms with van der Waals surface area (Å²) in [5, 5.41) is 3.64. The molecule has 1 unspecified atom stereocenters. The minimum absolute atomic E-state index is 0.407. The van der Waals surface area contributed by atoms with Crippen molar-refractivity contribution in [1.29, 1.82) is 0 Å². The average molecular weight is 434 g/mol. The number of benzene rings is 2. The van der Waals surface area contributed by atoms with Crippen molar-refractivity contribution in [1.82, 2.24) is 0 Å². The van der Waals surface area contributed by atoms with Crippen LogP contribution in [0.2, 0.25) is 5.02 Å². The smallest absolute Gasteiger partial charge is 0.333 e. The van der Waals surface area contributed by atoms with Gasteiger partial charge in [-0.05, 0) is 40.2 Å². The summed E-state index contributed by atoms with van der Waals surface area (Å²) in [5.74, 6) is -0.407. The second-order valence-corrected chi connectivity index (χ2v) is 6.42. The Hall–Kier alpha value is -1.04. The number of methoxy groups -OCH3 is 1. The fourth-order valence-electron chi connectivity index (χ4n) is 1.85. The van der Waals surface area contributed by atoms with Crippen LogP contribution in [0.5, 0.6) is 0 Å². The van der Waals surface area contributed by atoms with Gasteiger partial charge in [0.1, 0.15) is 0 Å². The van der Waals surface area contributed by atoms with E-state index in [1.165, 1.54) is 7.11 Å².